The van der Waals surface area contributed by atoms with E-state index in [2.05, 4.69) is 63.3 Å². The van der Waals surface area contributed by atoms with E-state index in [1.54, 1.807) is 14.2 Å². The number of ether oxygens (including phenoxy) is 4. The van der Waals surface area contributed by atoms with Crippen LogP contribution >= 0.6 is 15.9 Å². The summed E-state index contributed by atoms with van der Waals surface area (Å²) in [5.74, 6) is 1.34. The molecule has 0 bridgehead atoms. The lowest BCUT2D eigenvalue weighted by atomic mass is 9.94. The molecule has 0 aromatic heterocycles. The second kappa shape index (κ2) is 11.0. The molecule has 1 aromatic rings. The largest absolute Gasteiger partial charge is 0.541 e. The van der Waals surface area contributed by atoms with E-state index in [0.717, 1.165) is 18.4 Å². The summed E-state index contributed by atoms with van der Waals surface area (Å²) in [4.78, 5) is 12.9. The van der Waals surface area contributed by atoms with Crippen LogP contribution < -0.4 is 13.9 Å². The van der Waals surface area contributed by atoms with Crippen molar-refractivity contribution >= 4 is 30.2 Å². The predicted octanol–water partition coefficient (Wildman–Crippen LogP) is 7.34. The third-order valence-electron chi connectivity index (χ3n) is 7.14. The van der Waals surface area contributed by atoms with Crippen LogP contribution in [0.3, 0.4) is 0 Å². The summed E-state index contributed by atoms with van der Waals surface area (Å²) in [6.45, 7) is 20.6. The molecule has 0 N–H and O–H groups in total. The van der Waals surface area contributed by atoms with Gasteiger partial charge in [0.25, 0.3) is 8.32 Å². The lowest BCUT2D eigenvalue weighted by molar-refractivity contribution is -0.233. The molecule has 2 rings (SSSR count). The van der Waals surface area contributed by atoms with Gasteiger partial charge < -0.3 is 23.4 Å². The van der Waals surface area contributed by atoms with Gasteiger partial charge in [-0.15, -0.1) is 6.58 Å². The Hall–Kier alpha value is -1.51. The van der Waals surface area contributed by atoms with Crippen LogP contribution in [0.15, 0.2) is 17.1 Å². The Morgan fingerprint density at radius 1 is 1.18 bits per heavy atom. The van der Waals surface area contributed by atoms with Crippen LogP contribution in [0.4, 0.5) is 0 Å². The molecular weight excluding hydrogens is 516 g/mol. The highest BCUT2D eigenvalue weighted by molar-refractivity contribution is 9.10. The minimum absolute atomic E-state index is 0.0580. The van der Waals surface area contributed by atoms with Crippen LogP contribution in [-0.2, 0) is 14.3 Å². The number of cyclic esters (lactones) is 1. The number of carbonyl (C=O) groups excluding carboxylic acids is 1. The topological polar surface area (TPSA) is 63.2 Å². The van der Waals surface area contributed by atoms with E-state index in [0.29, 0.717) is 33.2 Å². The Balaban J connectivity index is 2.66. The zero-order valence-corrected chi connectivity index (χ0v) is 24.9. The molecule has 0 radical (unpaired) electrons. The smallest absolute Gasteiger partial charge is 0.313 e. The number of hydrogen-bond donors (Lipinski definition) is 0. The highest BCUT2D eigenvalue weighted by Gasteiger charge is 2.44. The van der Waals surface area contributed by atoms with Gasteiger partial charge in [-0.05, 0) is 66.7 Å². The molecule has 1 aliphatic heterocycles. The van der Waals surface area contributed by atoms with Gasteiger partial charge in [0.15, 0.2) is 11.5 Å². The monoisotopic (exact) mass is 556 g/mol. The minimum Gasteiger partial charge on any atom is -0.541 e. The van der Waals surface area contributed by atoms with E-state index >= 15 is 0 Å². The Bertz CT molecular complexity index is 908. The first-order chi connectivity index (χ1) is 15.7. The van der Waals surface area contributed by atoms with E-state index in [9.17, 15) is 4.79 Å². The highest BCUT2D eigenvalue weighted by atomic mass is 79.9. The van der Waals surface area contributed by atoms with Gasteiger partial charge in [-0.2, -0.15) is 0 Å². The van der Waals surface area contributed by atoms with Gasteiger partial charge in [0.1, 0.15) is 5.75 Å². The lowest BCUT2D eigenvalue weighted by Gasteiger charge is -2.40. The minimum atomic E-state index is -2.29. The molecular formula is C26H41BrO6Si. The van der Waals surface area contributed by atoms with E-state index in [-0.39, 0.29) is 23.0 Å². The quantitative estimate of drug-likeness (QED) is 0.180. The standard InChI is InChI=1S/C26H41BrO6Si/c1-12-15(2)13-14-18-16(3)24(28)32-25(31-18)19-20(27)21(29-8)17(4)22(30-9)23(19)33-34(10,11)26(5,6)7/h12,15-16,18,25H,1,13-14H2,2-11H3/t15-,16+,18-,25-/m1/s1. The number of benzene rings is 1. The molecule has 1 heterocycles. The first kappa shape index (κ1) is 28.7. The van der Waals surface area contributed by atoms with Crippen molar-refractivity contribution in [3.8, 4) is 17.2 Å². The highest BCUT2D eigenvalue weighted by Crippen LogP contribution is 2.53. The van der Waals surface area contributed by atoms with Gasteiger partial charge in [0.2, 0.25) is 6.29 Å². The van der Waals surface area contributed by atoms with Crippen LogP contribution in [0.5, 0.6) is 17.2 Å². The number of rotatable bonds is 9. The summed E-state index contributed by atoms with van der Waals surface area (Å²) in [7, 11) is 0.909. The summed E-state index contributed by atoms with van der Waals surface area (Å²) >= 11 is 3.70. The van der Waals surface area contributed by atoms with Crippen molar-refractivity contribution < 1.29 is 28.2 Å². The van der Waals surface area contributed by atoms with Crippen molar-refractivity contribution in [2.75, 3.05) is 14.2 Å². The average Bonchev–Trinajstić information content (AvgIpc) is 2.74. The average molecular weight is 558 g/mol. The van der Waals surface area contributed by atoms with E-state index < -0.39 is 14.6 Å². The van der Waals surface area contributed by atoms with Crippen molar-refractivity contribution in [3.63, 3.8) is 0 Å². The van der Waals surface area contributed by atoms with E-state index in [4.69, 9.17) is 23.4 Å². The third-order valence-corrected chi connectivity index (χ3v) is 12.2. The molecule has 0 unspecified atom stereocenters. The Morgan fingerprint density at radius 2 is 1.76 bits per heavy atom. The van der Waals surface area contributed by atoms with Crippen molar-refractivity contribution in [2.45, 2.75) is 84.9 Å². The lowest BCUT2D eigenvalue weighted by Crippen LogP contribution is -2.44. The molecule has 0 amide bonds. The molecule has 6 nitrogen and oxygen atoms in total. The van der Waals surface area contributed by atoms with Crippen molar-refractivity contribution in [3.05, 3.63) is 28.3 Å². The summed E-state index contributed by atoms with van der Waals surface area (Å²) in [6, 6.07) is 0. The van der Waals surface area contributed by atoms with Crippen LogP contribution in [-0.4, -0.2) is 34.6 Å². The second-order valence-electron chi connectivity index (χ2n) is 10.6. The Kier molecular flexibility index (Phi) is 9.33. The summed E-state index contributed by atoms with van der Waals surface area (Å²) in [5.41, 5.74) is 1.37. The van der Waals surface area contributed by atoms with Crippen molar-refractivity contribution in [2.24, 2.45) is 11.8 Å². The van der Waals surface area contributed by atoms with Gasteiger partial charge in [0.05, 0.1) is 36.3 Å². The third kappa shape index (κ3) is 5.82. The molecule has 192 valence electrons. The molecule has 0 aliphatic carbocycles. The predicted molar refractivity (Wildman–Crippen MR) is 141 cm³/mol. The second-order valence-corrected chi connectivity index (χ2v) is 16.2. The summed E-state index contributed by atoms with van der Waals surface area (Å²) in [6.07, 6.45) is 2.26. The number of esters is 1. The normalized spacial score (nSPS) is 22.1. The van der Waals surface area contributed by atoms with Crippen LogP contribution in [0.1, 0.15) is 64.9 Å². The maximum absolute atomic E-state index is 12.9. The molecule has 0 saturated carbocycles. The number of allylic oxidation sites excluding steroid dienone is 1. The number of halogens is 1. The van der Waals surface area contributed by atoms with Crippen molar-refractivity contribution in [1.29, 1.82) is 0 Å². The van der Waals surface area contributed by atoms with E-state index in [1.807, 2.05) is 19.9 Å². The van der Waals surface area contributed by atoms with Crippen LogP contribution in [0.25, 0.3) is 0 Å². The molecule has 8 heteroatoms. The Labute approximate surface area is 214 Å². The molecule has 0 spiro atoms. The molecule has 1 aromatic carbocycles. The number of hydrogen-bond acceptors (Lipinski definition) is 6. The molecule has 1 saturated heterocycles. The molecule has 1 aliphatic rings. The number of methoxy groups -OCH3 is 2. The van der Waals surface area contributed by atoms with Gasteiger partial charge in [0, 0.05) is 5.56 Å². The van der Waals surface area contributed by atoms with Gasteiger partial charge in [-0.25, -0.2) is 0 Å². The Morgan fingerprint density at radius 3 is 2.26 bits per heavy atom. The fourth-order valence-electron chi connectivity index (χ4n) is 3.65. The SMILES string of the molecule is C=C[C@@H](C)CC[C@H]1O[C@@H](c2c(Br)c(OC)c(C)c(OC)c2O[Si](C)(C)C(C)(C)C)OC(=O)[C@H]1C. The van der Waals surface area contributed by atoms with Crippen molar-refractivity contribution in [1.82, 2.24) is 0 Å². The maximum atomic E-state index is 12.9. The fourth-order valence-corrected chi connectivity index (χ4v) is 5.50. The molecule has 1 fully saturated rings. The first-order valence-electron chi connectivity index (χ1n) is 11.8. The molecule has 4 atom stereocenters. The zero-order valence-electron chi connectivity index (χ0n) is 22.3. The van der Waals surface area contributed by atoms with Crippen LogP contribution in [0.2, 0.25) is 18.1 Å². The van der Waals surface area contributed by atoms with Gasteiger partial charge >= 0.3 is 5.97 Å². The summed E-state index contributed by atoms with van der Waals surface area (Å²) in [5, 5.41) is -0.0580. The van der Waals surface area contributed by atoms with Gasteiger partial charge in [-0.3, -0.25) is 4.79 Å². The first-order valence-corrected chi connectivity index (χ1v) is 15.5. The summed E-state index contributed by atoms with van der Waals surface area (Å²) < 4.78 is 31.2. The fraction of sp³-hybridized carbons (Fsp3) is 0.654. The van der Waals surface area contributed by atoms with Crippen LogP contribution in [0, 0.1) is 18.8 Å². The zero-order chi connectivity index (χ0) is 26.0. The molecule has 34 heavy (non-hydrogen) atoms. The maximum Gasteiger partial charge on any atom is 0.313 e. The van der Waals surface area contributed by atoms with Gasteiger partial charge in [-0.1, -0.05) is 33.8 Å². The number of carbonyl (C=O) groups is 1. The van der Waals surface area contributed by atoms with E-state index in [1.165, 1.54) is 0 Å².